The number of anilines is 1. The summed E-state index contributed by atoms with van der Waals surface area (Å²) in [6, 6.07) is 3.67. The lowest BCUT2D eigenvalue weighted by atomic mass is 10.0. The van der Waals surface area contributed by atoms with E-state index in [4.69, 9.17) is 5.73 Å². The average Bonchev–Trinajstić information content (AvgIpc) is 2.81. The Labute approximate surface area is 139 Å². The minimum absolute atomic E-state index is 0.0877. The highest BCUT2D eigenvalue weighted by Crippen LogP contribution is 2.17. The third-order valence-electron chi connectivity index (χ3n) is 4.27. The molecule has 5 heteroatoms. The summed E-state index contributed by atoms with van der Waals surface area (Å²) in [5.74, 6) is 1.37. The van der Waals surface area contributed by atoms with Gasteiger partial charge in [-0.1, -0.05) is 32.8 Å². The van der Waals surface area contributed by atoms with Crippen molar-refractivity contribution in [2.24, 2.45) is 11.7 Å². The van der Waals surface area contributed by atoms with E-state index in [0.29, 0.717) is 18.9 Å². The monoisotopic (exact) mass is 318 g/mol. The quantitative estimate of drug-likeness (QED) is 0.845. The molecule has 0 aromatic carbocycles. The lowest BCUT2D eigenvalue weighted by Gasteiger charge is -2.21. The predicted octanol–water partition coefficient (Wildman–Crippen LogP) is 2.45. The molecule has 1 aliphatic rings. The van der Waals surface area contributed by atoms with Gasteiger partial charge in [0.1, 0.15) is 5.82 Å². The third-order valence-corrected chi connectivity index (χ3v) is 4.27. The molecule has 5 nitrogen and oxygen atoms in total. The molecule has 3 N–H and O–H groups in total. The van der Waals surface area contributed by atoms with Gasteiger partial charge in [0.25, 0.3) is 0 Å². The number of aromatic nitrogens is 1. The first-order valence-electron chi connectivity index (χ1n) is 8.79. The van der Waals surface area contributed by atoms with E-state index in [1.165, 1.54) is 25.7 Å². The van der Waals surface area contributed by atoms with Crippen LogP contribution in [0.2, 0.25) is 0 Å². The van der Waals surface area contributed by atoms with Crippen molar-refractivity contribution in [1.29, 1.82) is 0 Å². The van der Waals surface area contributed by atoms with E-state index in [0.717, 1.165) is 24.5 Å². The Hall–Kier alpha value is -1.62. The fraction of sp³-hybridized carbons (Fsp3) is 0.667. The van der Waals surface area contributed by atoms with Gasteiger partial charge >= 0.3 is 0 Å². The largest absolute Gasteiger partial charge is 0.357 e. The Kier molecular flexibility index (Phi) is 6.84. The van der Waals surface area contributed by atoms with Gasteiger partial charge in [-0.15, -0.1) is 0 Å². The number of hydrogen-bond donors (Lipinski definition) is 2. The highest BCUT2D eigenvalue weighted by Gasteiger charge is 2.15. The zero-order valence-corrected chi connectivity index (χ0v) is 14.4. The molecule has 23 heavy (non-hydrogen) atoms. The van der Waals surface area contributed by atoms with Crippen LogP contribution in [0, 0.1) is 5.92 Å². The van der Waals surface area contributed by atoms with Gasteiger partial charge < -0.3 is 16.0 Å². The zero-order valence-electron chi connectivity index (χ0n) is 14.4. The van der Waals surface area contributed by atoms with E-state index in [9.17, 15) is 4.79 Å². The zero-order chi connectivity index (χ0) is 16.7. The van der Waals surface area contributed by atoms with E-state index in [1.807, 2.05) is 12.3 Å². The van der Waals surface area contributed by atoms with Gasteiger partial charge in [0.15, 0.2) is 0 Å². The number of pyridine rings is 1. The molecule has 1 amide bonds. The predicted molar refractivity (Wildman–Crippen MR) is 94.2 cm³/mol. The van der Waals surface area contributed by atoms with Gasteiger partial charge in [-0.3, -0.25) is 4.79 Å². The maximum Gasteiger partial charge on any atom is 0.237 e. The molecular weight excluding hydrogens is 288 g/mol. The lowest BCUT2D eigenvalue weighted by Crippen LogP contribution is -2.41. The van der Waals surface area contributed by atoms with Crippen LogP contribution in [0.25, 0.3) is 0 Å². The summed E-state index contributed by atoms with van der Waals surface area (Å²) < 4.78 is 0. The molecule has 1 saturated heterocycles. The van der Waals surface area contributed by atoms with Gasteiger partial charge in [-0.25, -0.2) is 4.98 Å². The molecule has 0 spiro atoms. The van der Waals surface area contributed by atoms with Crippen molar-refractivity contribution in [1.82, 2.24) is 10.3 Å². The van der Waals surface area contributed by atoms with Crippen LogP contribution in [0.3, 0.4) is 0 Å². The van der Waals surface area contributed by atoms with Crippen molar-refractivity contribution in [2.45, 2.75) is 58.5 Å². The van der Waals surface area contributed by atoms with Crippen molar-refractivity contribution >= 4 is 11.7 Å². The molecule has 0 bridgehead atoms. The summed E-state index contributed by atoms with van der Waals surface area (Å²) in [4.78, 5) is 18.9. The number of carbonyl (C=O) groups is 1. The van der Waals surface area contributed by atoms with E-state index in [1.54, 1.807) is 0 Å². The van der Waals surface area contributed by atoms with Crippen LogP contribution < -0.4 is 16.0 Å². The van der Waals surface area contributed by atoms with Crippen molar-refractivity contribution in [3.8, 4) is 0 Å². The first kappa shape index (κ1) is 17.7. The molecule has 0 unspecified atom stereocenters. The maximum absolute atomic E-state index is 11.9. The smallest absolute Gasteiger partial charge is 0.237 e. The summed E-state index contributed by atoms with van der Waals surface area (Å²) in [5.41, 5.74) is 6.89. The third kappa shape index (κ3) is 5.82. The SMILES string of the molecule is CC(C)C[C@H](N)C(=O)NCc1ccc(N2CCCCCC2)nc1. The van der Waals surface area contributed by atoms with Crippen molar-refractivity contribution < 1.29 is 4.79 Å². The highest BCUT2D eigenvalue weighted by atomic mass is 16.2. The molecule has 1 aliphatic heterocycles. The normalized spacial score (nSPS) is 17.0. The standard InChI is InChI=1S/C18H30N4O/c1-14(2)11-16(19)18(23)21-13-15-7-8-17(20-12-15)22-9-5-3-4-6-10-22/h7-8,12,14,16H,3-6,9-11,13,19H2,1-2H3,(H,21,23)/t16-/m0/s1. The summed E-state index contributed by atoms with van der Waals surface area (Å²) in [6.07, 6.45) is 7.68. The molecule has 1 fully saturated rings. The number of rotatable bonds is 6. The van der Waals surface area contributed by atoms with E-state index >= 15 is 0 Å². The second kappa shape index (κ2) is 8.87. The lowest BCUT2D eigenvalue weighted by molar-refractivity contribution is -0.122. The highest BCUT2D eigenvalue weighted by molar-refractivity contribution is 5.81. The Balaban J connectivity index is 1.83. The average molecular weight is 318 g/mol. The Bertz CT molecular complexity index is 478. The van der Waals surface area contributed by atoms with Crippen LogP contribution in [0.15, 0.2) is 18.3 Å². The second-order valence-electron chi connectivity index (χ2n) is 6.88. The molecular formula is C18H30N4O. The summed E-state index contributed by atoms with van der Waals surface area (Å²) >= 11 is 0. The Morgan fingerprint density at radius 2 is 1.96 bits per heavy atom. The first-order valence-corrected chi connectivity index (χ1v) is 8.79. The number of nitrogens with one attached hydrogen (secondary N) is 1. The number of nitrogens with zero attached hydrogens (tertiary/aromatic N) is 2. The minimum atomic E-state index is -0.431. The molecule has 1 aromatic rings. The molecule has 128 valence electrons. The maximum atomic E-state index is 11.9. The van der Waals surface area contributed by atoms with Gasteiger partial charge in [-0.2, -0.15) is 0 Å². The van der Waals surface area contributed by atoms with Crippen molar-refractivity contribution in [3.63, 3.8) is 0 Å². The molecule has 1 aromatic heterocycles. The molecule has 0 saturated carbocycles. The van der Waals surface area contributed by atoms with Gasteiger partial charge in [0.05, 0.1) is 6.04 Å². The van der Waals surface area contributed by atoms with Crippen LogP contribution in [0.1, 0.15) is 51.5 Å². The fourth-order valence-corrected chi connectivity index (χ4v) is 2.94. The summed E-state index contributed by atoms with van der Waals surface area (Å²) in [7, 11) is 0. The fourth-order valence-electron chi connectivity index (χ4n) is 2.94. The minimum Gasteiger partial charge on any atom is -0.357 e. The van der Waals surface area contributed by atoms with Crippen molar-refractivity contribution in [3.05, 3.63) is 23.9 Å². The summed E-state index contributed by atoms with van der Waals surface area (Å²) in [5, 5.41) is 2.90. The van der Waals surface area contributed by atoms with Crippen LogP contribution in [-0.4, -0.2) is 30.0 Å². The van der Waals surface area contributed by atoms with Crippen LogP contribution in [0.5, 0.6) is 0 Å². The van der Waals surface area contributed by atoms with Crippen LogP contribution in [0.4, 0.5) is 5.82 Å². The summed E-state index contributed by atoms with van der Waals surface area (Å²) in [6.45, 7) is 6.80. The van der Waals surface area contributed by atoms with Gasteiger partial charge in [0.2, 0.25) is 5.91 Å². The second-order valence-corrected chi connectivity index (χ2v) is 6.88. The van der Waals surface area contributed by atoms with E-state index in [-0.39, 0.29) is 5.91 Å². The van der Waals surface area contributed by atoms with E-state index in [2.05, 4.69) is 35.1 Å². The molecule has 2 heterocycles. The number of amides is 1. The Morgan fingerprint density at radius 1 is 1.26 bits per heavy atom. The molecule has 2 rings (SSSR count). The number of nitrogens with two attached hydrogens (primary N) is 1. The molecule has 0 aliphatic carbocycles. The molecule has 1 atom stereocenters. The molecule has 0 radical (unpaired) electrons. The van der Waals surface area contributed by atoms with Gasteiger partial charge in [0, 0.05) is 25.8 Å². The Morgan fingerprint density at radius 3 is 2.52 bits per heavy atom. The van der Waals surface area contributed by atoms with Crippen LogP contribution in [-0.2, 0) is 11.3 Å². The van der Waals surface area contributed by atoms with Crippen LogP contribution >= 0.6 is 0 Å². The number of hydrogen-bond acceptors (Lipinski definition) is 4. The van der Waals surface area contributed by atoms with Gasteiger partial charge in [-0.05, 0) is 36.8 Å². The number of carbonyl (C=O) groups excluding carboxylic acids is 1. The van der Waals surface area contributed by atoms with Crippen molar-refractivity contribution in [2.75, 3.05) is 18.0 Å². The first-order chi connectivity index (χ1) is 11.1. The van der Waals surface area contributed by atoms with E-state index < -0.39 is 6.04 Å². The topological polar surface area (TPSA) is 71.2 Å².